The van der Waals surface area contributed by atoms with E-state index in [1.165, 1.54) is 26.0 Å². The predicted octanol–water partition coefficient (Wildman–Crippen LogP) is 6.76. The molecule has 200 valence electrons. The molecule has 1 N–H and O–H groups in total. The fourth-order valence-electron chi connectivity index (χ4n) is 4.72. The normalized spacial score (nSPS) is 16.0. The van der Waals surface area contributed by atoms with E-state index in [1.807, 2.05) is 24.3 Å². The first-order valence-electron chi connectivity index (χ1n) is 11.9. The highest BCUT2D eigenvalue weighted by Crippen LogP contribution is 2.45. The Morgan fingerprint density at radius 2 is 1.69 bits per heavy atom. The molecule has 2 heterocycles. The molecule has 5 rings (SSSR count). The number of para-hydroxylation sites is 1. The first kappa shape index (κ1) is 26.9. The Morgan fingerprint density at radius 1 is 1.03 bits per heavy atom. The largest absolute Gasteiger partial charge is 0.487 e. The number of aromatic nitrogens is 1. The summed E-state index contributed by atoms with van der Waals surface area (Å²) in [6.07, 6.45) is 1.78. The van der Waals surface area contributed by atoms with E-state index in [1.54, 1.807) is 30.5 Å². The Hall–Kier alpha value is -3.70. The van der Waals surface area contributed by atoms with Gasteiger partial charge in [0.15, 0.2) is 5.92 Å². The highest BCUT2D eigenvalue weighted by atomic mass is 79.9. The van der Waals surface area contributed by atoms with Crippen molar-refractivity contribution in [2.24, 2.45) is 5.92 Å². The maximum absolute atomic E-state index is 13.2. The van der Waals surface area contributed by atoms with Crippen molar-refractivity contribution in [1.29, 1.82) is 0 Å². The number of cyclic esters (lactones) is 2. The lowest BCUT2D eigenvalue weighted by Gasteiger charge is -2.36. The van der Waals surface area contributed by atoms with Gasteiger partial charge in [0.05, 0.1) is 13.9 Å². The predicted molar refractivity (Wildman–Crippen MR) is 149 cm³/mol. The zero-order valence-electron chi connectivity index (χ0n) is 20.8. The Morgan fingerprint density at radius 3 is 2.36 bits per heavy atom. The van der Waals surface area contributed by atoms with Crippen LogP contribution in [-0.2, 0) is 25.7 Å². The number of nitrogens with one attached hydrogen (secondary N) is 1. The van der Waals surface area contributed by atoms with Gasteiger partial charge in [-0.05, 0) is 66.7 Å². The number of ether oxygens (including phenoxy) is 3. The molecule has 1 saturated heterocycles. The lowest BCUT2D eigenvalue weighted by Crippen LogP contribution is -2.48. The van der Waals surface area contributed by atoms with Crippen LogP contribution in [0.5, 0.6) is 5.75 Å². The van der Waals surface area contributed by atoms with E-state index in [9.17, 15) is 19.7 Å². The van der Waals surface area contributed by atoms with Gasteiger partial charge in [0, 0.05) is 49.0 Å². The zero-order valence-corrected chi connectivity index (χ0v) is 23.9. The van der Waals surface area contributed by atoms with Gasteiger partial charge in [-0.2, -0.15) is 0 Å². The summed E-state index contributed by atoms with van der Waals surface area (Å²) in [7, 11) is 0. The summed E-state index contributed by atoms with van der Waals surface area (Å²) in [6, 6.07) is 17.4. The van der Waals surface area contributed by atoms with Gasteiger partial charge < -0.3 is 19.2 Å². The van der Waals surface area contributed by atoms with Crippen LogP contribution in [0.2, 0.25) is 0 Å². The van der Waals surface area contributed by atoms with Crippen LogP contribution in [0.25, 0.3) is 10.9 Å². The van der Waals surface area contributed by atoms with E-state index >= 15 is 0 Å². The summed E-state index contributed by atoms with van der Waals surface area (Å²) in [5.74, 6) is -4.24. The second-order valence-electron chi connectivity index (χ2n) is 9.52. The summed E-state index contributed by atoms with van der Waals surface area (Å²) in [6.45, 7) is 3.11. The number of esters is 2. The Labute approximate surface area is 239 Å². The molecule has 0 aliphatic carbocycles. The van der Waals surface area contributed by atoms with Crippen LogP contribution in [0.15, 0.2) is 75.8 Å². The van der Waals surface area contributed by atoms with E-state index in [0.29, 0.717) is 25.8 Å². The Kier molecular flexibility index (Phi) is 7.21. The van der Waals surface area contributed by atoms with Gasteiger partial charge in [0.2, 0.25) is 0 Å². The van der Waals surface area contributed by atoms with Gasteiger partial charge in [0.25, 0.3) is 11.5 Å². The molecular formula is C28H22Br2N2O7. The van der Waals surface area contributed by atoms with Crippen LogP contribution in [0.1, 0.15) is 36.5 Å². The second-order valence-corrected chi connectivity index (χ2v) is 11.2. The average molecular weight is 658 g/mol. The number of carbonyl (C=O) groups is 2. The number of H-pyrrole nitrogens is 1. The topological polar surface area (TPSA) is 121 Å². The summed E-state index contributed by atoms with van der Waals surface area (Å²) in [5, 5.41) is 12.0. The van der Waals surface area contributed by atoms with Crippen LogP contribution in [0.4, 0.5) is 5.69 Å². The van der Waals surface area contributed by atoms with Crippen molar-refractivity contribution in [3.63, 3.8) is 0 Å². The number of aromatic amines is 1. The lowest BCUT2D eigenvalue weighted by atomic mass is 9.80. The second kappa shape index (κ2) is 10.5. The van der Waals surface area contributed by atoms with Crippen molar-refractivity contribution in [2.45, 2.75) is 32.2 Å². The number of hydrogen-bond donors (Lipinski definition) is 1. The summed E-state index contributed by atoms with van der Waals surface area (Å²) in [5.41, 5.74) is 2.82. The third-order valence-electron chi connectivity index (χ3n) is 6.37. The van der Waals surface area contributed by atoms with E-state index in [2.05, 4.69) is 36.8 Å². The molecule has 1 aliphatic heterocycles. The van der Waals surface area contributed by atoms with Crippen LogP contribution in [-0.4, -0.2) is 27.6 Å². The molecule has 39 heavy (non-hydrogen) atoms. The Balaban J connectivity index is 1.54. The molecule has 1 atom stereocenters. The first-order valence-corrected chi connectivity index (χ1v) is 13.5. The number of benzene rings is 3. The third kappa shape index (κ3) is 5.41. The number of nitrogens with zero attached hydrogens (tertiary/aromatic N) is 1. The van der Waals surface area contributed by atoms with Crippen LogP contribution < -0.4 is 4.74 Å². The number of nitro benzene ring substituents is 1. The minimum atomic E-state index is -1.36. The molecule has 0 saturated carbocycles. The zero-order chi connectivity index (χ0) is 27.9. The molecule has 1 aliphatic rings. The highest BCUT2D eigenvalue weighted by molar-refractivity contribution is 9.11. The maximum atomic E-state index is 13.2. The third-order valence-corrected chi connectivity index (χ3v) is 7.55. The molecule has 0 bridgehead atoms. The van der Waals surface area contributed by atoms with Gasteiger partial charge in [-0.25, -0.2) is 0 Å². The number of hydrogen-bond acceptors (Lipinski definition) is 7. The minimum absolute atomic E-state index is 0.0272. The van der Waals surface area contributed by atoms with Gasteiger partial charge in [-0.3, -0.25) is 19.7 Å². The number of non-ortho nitro benzene ring substituents is 1. The lowest BCUT2D eigenvalue weighted by molar-refractivity contribution is -0.384. The van der Waals surface area contributed by atoms with Crippen molar-refractivity contribution >= 4 is 60.4 Å². The minimum Gasteiger partial charge on any atom is -0.487 e. The highest BCUT2D eigenvalue weighted by Gasteiger charge is 2.48. The van der Waals surface area contributed by atoms with E-state index in [0.717, 1.165) is 16.5 Å². The van der Waals surface area contributed by atoms with Crippen LogP contribution >= 0.6 is 31.9 Å². The Bertz CT molecular complexity index is 1570. The summed E-state index contributed by atoms with van der Waals surface area (Å²) in [4.78, 5) is 40.3. The quantitative estimate of drug-likeness (QED) is 0.101. The molecule has 0 spiro atoms. The number of carbonyl (C=O) groups excluding carboxylic acids is 2. The SMILES string of the molecule is CC1(C)OC(=O)C([C@H](c2cc(Br)c(OCc3cccc([N+](=O)[O-])c3)c(Br)c2)c2c[nH]c3ccccc23)C(=O)O1. The molecule has 1 aromatic heterocycles. The van der Waals surface area contributed by atoms with Gasteiger partial charge >= 0.3 is 11.9 Å². The van der Waals surface area contributed by atoms with Crippen molar-refractivity contribution in [3.8, 4) is 5.75 Å². The smallest absolute Gasteiger partial charge is 0.324 e. The molecule has 0 radical (unpaired) electrons. The van der Waals surface area contributed by atoms with Crippen molar-refractivity contribution in [3.05, 3.63) is 103 Å². The van der Waals surface area contributed by atoms with Gasteiger partial charge in [0.1, 0.15) is 12.4 Å². The van der Waals surface area contributed by atoms with E-state index in [-0.39, 0.29) is 12.3 Å². The monoisotopic (exact) mass is 656 g/mol. The fourth-order valence-corrected chi connectivity index (χ4v) is 6.17. The van der Waals surface area contributed by atoms with Crippen molar-refractivity contribution < 1.29 is 28.7 Å². The molecule has 1 fully saturated rings. The molecule has 0 unspecified atom stereocenters. The first-order chi connectivity index (χ1) is 18.5. The summed E-state index contributed by atoms with van der Waals surface area (Å²) >= 11 is 7.12. The van der Waals surface area contributed by atoms with Crippen molar-refractivity contribution in [1.82, 2.24) is 4.98 Å². The molecule has 11 heteroatoms. The average Bonchev–Trinajstić information content (AvgIpc) is 3.29. The van der Waals surface area contributed by atoms with Gasteiger partial charge in [-0.1, -0.05) is 30.3 Å². The van der Waals surface area contributed by atoms with Gasteiger partial charge in [-0.15, -0.1) is 0 Å². The van der Waals surface area contributed by atoms with E-state index in [4.69, 9.17) is 14.2 Å². The number of rotatable bonds is 7. The van der Waals surface area contributed by atoms with Crippen LogP contribution in [0.3, 0.4) is 0 Å². The van der Waals surface area contributed by atoms with Crippen LogP contribution in [0, 0.1) is 16.0 Å². The molecule has 0 amide bonds. The molecule has 9 nitrogen and oxygen atoms in total. The van der Waals surface area contributed by atoms with E-state index < -0.39 is 34.5 Å². The molecule has 3 aromatic carbocycles. The summed E-state index contributed by atoms with van der Waals surface area (Å²) < 4.78 is 18.1. The molecular weight excluding hydrogens is 636 g/mol. The van der Waals surface area contributed by atoms with Crippen molar-refractivity contribution in [2.75, 3.05) is 0 Å². The molecule has 4 aromatic rings. The number of halogens is 2. The number of nitro groups is 1. The fraction of sp³-hybridized carbons (Fsp3) is 0.214. The number of fused-ring (bicyclic) bond motifs is 1. The maximum Gasteiger partial charge on any atom is 0.324 e. The standard InChI is InChI=1S/C28H22Br2N2O7/c1-28(2)38-26(33)24(27(34)39-28)23(19-13-31-22-9-4-3-8-18(19)22)16-11-20(29)25(21(30)12-16)37-14-15-6-5-7-17(10-15)32(35)36/h3-13,23-24,31H,14H2,1-2H3/t23-/m1/s1.